The molecule has 2 atom stereocenters. The van der Waals surface area contributed by atoms with Gasteiger partial charge in [0.15, 0.2) is 0 Å². The van der Waals surface area contributed by atoms with Gasteiger partial charge in [0.2, 0.25) is 11.8 Å². The average Bonchev–Trinajstić information content (AvgIpc) is 2.92. The van der Waals surface area contributed by atoms with Crippen molar-refractivity contribution in [3.05, 3.63) is 54.1 Å². The predicted molar refractivity (Wildman–Crippen MR) is 104 cm³/mol. The molecule has 0 aromatic heterocycles. The van der Waals surface area contributed by atoms with Crippen LogP contribution < -0.4 is 4.74 Å². The summed E-state index contributed by atoms with van der Waals surface area (Å²) in [4.78, 5) is 28.7. The number of hydrogen-bond acceptors (Lipinski definition) is 4. The molecule has 0 spiro atoms. The van der Waals surface area contributed by atoms with Gasteiger partial charge < -0.3 is 4.74 Å². The lowest BCUT2D eigenvalue weighted by Gasteiger charge is -2.23. The summed E-state index contributed by atoms with van der Waals surface area (Å²) in [7, 11) is 3.61. The number of nitrogens with zero attached hydrogens (tertiary/aromatic N) is 2. The van der Waals surface area contributed by atoms with Gasteiger partial charge in [-0.15, -0.1) is 0 Å². The van der Waals surface area contributed by atoms with Gasteiger partial charge in [0, 0.05) is 6.54 Å². The van der Waals surface area contributed by atoms with Crippen molar-refractivity contribution in [2.75, 3.05) is 20.8 Å². The molecule has 2 aromatic carbocycles. The van der Waals surface area contributed by atoms with Crippen LogP contribution in [0, 0.1) is 11.8 Å². The van der Waals surface area contributed by atoms with Crippen LogP contribution in [0.25, 0.3) is 10.8 Å². The number of rotatable bonds is 5. The van der Waals surface area contributed by atoms with E-state index in [-0.39, 0.29) is 23.7 Å². The fourth-order valence-electron chi connectivity index (χ4n) is 4.11. The highest BCUT2D eigenvalue weighted by atomic mass is 16.5. The lowest BCUT2D eigenvalue weighted by Crippen LogP contribution is -2.40. The summed E-state index contributed by atoms with van der Waals surface area (Å²) in [5.74, 6) is 0.478. The fraction of sp³-hybridized carbons (Fsp3) is 0.364. The highest BCUT2D eigenvalue weighted by Crippen LogP contribution is 2.35. The lowest BCUT2D eigenvalue weighted by atomic mass is 9.85. The monoisotopic (exact) mass is 364 g/mol. The summed E-state index contributed by atoms with van der Waals surface area (Å²) in [6.45, 7) is 1.01. The number of imide groups is 1. The highest BCUT2D eigenvalue weighted by molar-refractivity contribution is 6.05. The Kier molecular flexibility index (Phi) is 4.70. The average molecular weight is 364 g/mol. The smallest absolute Gasteiger partial charge is 0.234 e. The van der Waals surface area contributed by atoms with Gasteiger partial charge in [-0.05, 0) is 54.4 Å². The number of amides is 2. The second-order valence-corrected chi connectivity index (χ2v) is 7.46. The molecule has 1 saturated heterocycles. The zero-order valence-corrected chi connectivity index (χ0v) is 15.7. The molecule has 5 heteroatoms. The van der Waals surface area contributed by atoms with Crippen LogP contribution in [0.3, 0.4) is 0 Å². The molecule has 140 valence electrons. The van der Waals surface area contributed by atoms with Crippen LogP contribution in [0.4, 0.5) is 0 Å². The summed E-state index contributed by atoms with van der Waals surface area (Å²) < 4.78 is 5.27. The number of hydrogen-bond donors (Lipinski definition) is 0. The third kappa shape index (κ3) is 3.35. The molecular weight excluding hydrogens is 340 g/mol. The number of allylic oxidation sites excluding steroid dienone is 2. The Morgan fingerprint density at radius 2 is 1.63 bits per heavy atom. The van der Waals surface area contributed by atoms with E-state index in [1.54, 1.807) is 7.11 Å². The summed E-state index contributed by atoms with van der Waals surface area (Å²) in [5, 5.41) is 2.27. The van der Waals surface area contributed by atoms with E-state index >= 15 is 0 Å². The standard InChI is InChI=1S/C22H24N2O3/c1-23(14-24-21(25)19-5-3-4-6-20(19)22(24)26)13-15-7-8-17-12-18(27-2)10-9-16(17)11-15/h3-4,7-12,19-20H,5-6,13-14H2,1-2H3/t19-,20+. The van der Waals surface area contributed by atoms with E-state index in [2.05, 4.69) is 18.2 Å². The molecule has 0 radical (unpaired) electrons. The summed E-state index contributed by atoms with van der Waals surface area (Å²) in [6.07, 6.45) is 5.40. The van der Waals surface area contributed by atoms with E-state index in [9.17, 15) is 9.59 Å². The van der Waals surface area contributed by atoms with Crippen LogP contribution in [0.1, 0.15) is 18.4 Å². The van der Waals surface area contributed by atoms with Gasteiger partial charge in [0.1, 0.15) is 5.75 Å². The number of ether oxygens (including phenoxy) is 1. The molecule has 2 amide bonds. The SMILES string of the molecule is COc1ccc2cc(CN(C)CN3C(=O)[C@H]4CC=CC[C@H]4C3=O)ccc2c1. The first-order valence-corrected chi connectivity index (χ1v) is 9.32. The molecule has 0 bridgehead atoms. The van der Waals surface area contributed by atoms with Gasteiger partial charge in [-0.3, -0.25) is 19.4 Å². The lowest BCUT2D eigenvalue weighted by molar-refractivity contribution is -0.142. The van der Waals surface area contributed by atoms with Crippen LogP contribution in [0.15, 0.2) is 48.6 Å². The Balaban J connectivity index is 1.45. The molecule has 5 nitrogen and oxygen atoms in total. The van der Waals surface area contributed by atoms with Gasteiger partial charge in [-0.1, -0.05) is 30.4 Å². The van der Waals surface area contributed by atoms with Crippen molar-refractivity contribution in [1.29, 1.82) is 0 Å². The minimum absolute atomic E-state index is 0.0215. The Morgan fingerprint density at radius 1 is 1.00 bits per heavy atom. The molecule has 27 heavy (non-hydrogen) atoms. The van der Waals surface area contributed by atoms with E-state index in [0.717, 1.165) is 22.1 Å². The maximum atomic E-state index is 12.6. The molecule has 1 aliphatic carbocycles. The van der Waals surface area contributed by atoms with Gasteiger partial charge in [0.25, 0.3) is 0 Å². The molecule has 2 aromatic rings. The summed E-state index contributed by atoms with van der Waals surface area (Å²) >= 11 is 0. The zero-order chi connectivity index (χ0) is 19.0. The van der Waals surface area contributed by atoms with Gasteiger partial charge in [-0.25, -0.2) is 0 Å². The van der Waals surface area contributed by atoms with Crippen LogP contribution in [-0.4, -0.2) is 42.4 Å². The van der Waals surface area contributed by atoms with Gasteiger partial charge >= 0.3 is 0 Å². The minimum Gasteiger partial charge on any atom is -0.497 e. The number of likely N-dealkylation sites (tertiary alicyclic amines) is 1. The van der Waals surface area contributed by atoms with Crippen LogP contribution in [0.2, 0.25) is 0 Å². The topological polar surface area (TPSA) is 49.9 Å². The van der Waals surface area contributed by atoms with E-state index in [0.29, 0.717) is 26.1 Å². The number of carbonyl (C=O) groups excluding carboxylic acids is 2. The Morgan fingerprint density at radius 3 is 2.30 bits per heavy atom. The molecule has 1 aliphatic heterocycles. The maximum absolute atomic E-state index is 12.6. The third-order valence-corrected chi connectivity index (χ3v) is 5.55. The van der Waals surface area contributed by atoms with Crippen LogP contribution >= 0.6 is 0 Å². The molecule has 2 aliphatic rings. The van der Waals surface area contributed by atoms with E-state index in [4.69, 9.17) is 4.74 Å². The van der Waals surface area contributed by atoms with Crippen molar-refractivity contribution in [2.24, 2.45) is 11.8 Å². The molecule has 1 fully saturated rings. The first-order chi connectivity index (χ1) is 13.1. The fourth-order valence-corrected chi connectivity index (χ4v) is 4.11. The molecular formula is C22H24N2O3. The van der Waals surface area contributed by atoms with Crippen molar-refractivity contribution in [3.63, 3.8) is 0 Å². The number of benzene rings is 2. The molecule has 0 unspecified atom stereocenters. The Bertz CT molecular complexity index is 895. The van der Waals surface area contributed by atoms with Crippen LogP contribution in [-0.2, 0) is 16.1 Å². The predicted octanol–water partition coefficient (Wildman–Crippen LogP) is 3.19. The highest BCUT2D eigenvalue weighted by Gasteiger charge is 2.47. The normalized spacial score (nSPS) is 22.0. The minimum atomic E-state index is -0.161. The van der Waals surface area contributed by atoms with E-state index in [1.807, 2.05) is 42.3 Å². The second-order valence-electron chi connectivity index (χ2n) is 7.46. The van der Waals surface area contributed by atoms with Crippen molar-refractivity contribution in [3.8, 4) is 5.75 Å². The molecule has 0 saturated carbocycles. The Labute approximate surface area is 159 Å². The molecule has 4 rings (SSSR count). The first-order valence-electron chi connectivity index (χ1n) is 9.32. The number of carbonyl (C=O) groups is 2. The largest absolute Gasteiger partial charge is 0.497 e. The maximum Gasteiger partial charge on any atom is 0.234 e. The molecule has 1 heterocycles. The first kappa shape index (κ1) is 17.7. The number of methoxy groups -OCH3 is 1. The third-order valence-electron chi connectivity index (χ3n) is 5.55. The van der Waals surface area contributed by atoms with Crippen molar-refractivity contribution in [1.82, 2.24) is 9.80 Å². The van der Waals surface area contributed by atoms with Crippen molar-refractivity contribution >= 4 is 22.6 Å². The second kappa shape index (κ2) is 7.16. The quantitative estimate of drug-likeness (QED) is 0.604. The van der Waals surface area contributed by atoms with Crippen LogP contribution in [0.5, 0.6) is 5.75 Å². The van der Waals surface area contributed by atoms with Crippen molar-refractivity contribution < 1.29 is 14.3 Å². The zero-order valence-electron chi connectivity index (χ0n) is 15.7. The molecule has 0 N–H and O–H groups in total. The van der Waals surface area contributed by atoms with E-state index in [1.165, 1.54) is 4.90 Å². The summed E-state index contributed by atoms with van der Waals surface area (Å²) in [6, 6.07) is 12.3. The van der Waals surface area contributed by atoms with Crippen molar-refractivity contribution in [2.45, 2.75) is 19.4 Å². The number of fused-ring (bicyclic) bond motifs is 2. The summed E-state index contributed by atoms with van der Waals surface area (Å²) in [5.41, 5.74) is 1.15. The van der Waals surface area contributed by atoms with Gasteiger partial charge in [-0.2, -0.15) is 0 Å². The van der Waals surface area contributed by atoms with E-state index < -0.39 is 0 Å². The van der Waals surface area contributed by atoms with Gasteiger partial charge in [0.05, 0.1) is 25.6 Å². The Hall–Kier alpha value is -2.66.